The van der Waals surface area contributed by atoms with Gasteiger partial charge in [0, 0.05) is 49.7 Å². The molecule has 160 valence electrons. The number of aromatic amines is 1. The van der Waals surface area contributed by atoms with Crippen molar-refractivity contribution < 1.29 is 0 Å². The summed E-state index contributed by atoms with van der Waals surface area (Å²) in [6.07, 6.45) is 1.71. The SMILES string of the molecule is CC(C)CN1CCN(c2ccc3c(c2)N=C(c2c4cccccc-4[nH]c2=O)CC3)CC1. The molecule has 1 aromatic carbocycles. The molecule has 3 aliphatic heterocycles. The second-order valence-electron chi connectivity index (χ2n) is 9.12. The van der Waals surface area contributed by atoms with E-state index in [4.69, 9.17) is 4.99 Å². The molecule has 1 aromatic rings. The molecule has 4 aliphatic rings. The van der Waals surface area contributed by atoms with Gasteiger partial charge in [-0.15, -0.1) is 0 Å². The van der Waals surface area contributed by atoms with Crippen LogP contribution in [0.15, 0.2) is 58.3 Å². The average molecular weight is 415 g/mol. The highest BCUT2D eigenvalue weighted by molar-refractivity contribution is 6.08. The van der Waals surface area contributed by atoms with Crippen LogP contribution in [0.4, 0.5) is 11.4 Å². The third-order valence-electron chi connectivity index (χ3n) is 6.39. The topological polar surface area (TPSA) is 51.7 Å². The second-order valence-corrected chi connectivity index (χ2v) is 9.12. The van der Waals surface area contributed by atoms with E-state index in [1.807, 2.05) is 30.3 Å². The maximum Gasteiger partial charge on any atom is 0.258 e. The number of aromatic nitrogens is 1. The first-order valence-corrected chi connectivity index (χ1v) is 11.4. The Labute approximate surface area is 183 Å². The van der Waals surface area contributed by atoms with Crippen molar-refractivity contribution in [1.82, 2.24) is 9.88 Å². The quantitative estimate of drug-likeness (QED) is 0.692. The molecule has 0 amide bonds. The average Bonchev–Trinajstić information content (AvgIpc) is 2.91. The maximum atomic E-state index is 12.7. The number of anilines is 1. The lowest BCUT2D eigenvalue weighted by atomic mass is 9.95. The molecule has 3 heterocycles. The summed E-state index contributed by atoms with van der Waals surface area (Å²) in [7, 11) is 0. The summed E-state index contributed by atoms with van der Waals surface area (Å²) in [6.45, 7) is 10.0. The Hall–Kier alpha value is -2.92. The van der Waals surface area contributed by atoms with Crippen molar-refractivity contribution in [3.63, 3.8) is 0 Å². The minimum Gasteiger partial charge on any atom is -0.369 e. The molecule has 0 radical (unpaired) electrons. The molecule has 1 saturated heterocycles. The Morgan fingerprint density at radius 1 is 1.00 bits per heavy atom. The van der Waals surface area contributed by atoms with Crippen molar-refractivity contribution in [1.29, 1.82) is 0 Å². The Kier molecular flexibility index (Phi) is 5.36. The molecular weight excluding hydrogens is 384 g/mol. The van der Waals surface area contributed by atoms with E-state index >= 15 is 0 Å². The van der Waals surface area contributed by atoms with Gasteiger partial charge in [0.1, 0.15) is 0 Å². The van der Waals surface area contributed by atoms with Crippen LogP contribution in [0.5, 0.6) is 0 Å². The number of fused-ring (bicyclic) bond motifs is 2. The summed E-state index contributed by atoms with van der Waals surface area (Å²) < 4.78 is 0. The summed E-state index contributed by atoms with van der Waals surface area (Å²) in [5.41, 5.74) is 6.92. The largest absolute Gasteiger partial charge is 0.369 e. The molecule has 31 heavy (non-hydrogen) atoms. The molecular formula is C26H30N4O. The molecule has 0 atom stereocenters. The van der Waals surface area contributed by atoms with E-state index in [0.717, 1.165) is 67.2 Å². The van der Waals surface area contributed by atoms with Crippen LogP contribution in [0.3, 0.4) is 0 Å². The van der Waals surface area contributed by atoms with Crippen LogP contribution < -0.4 is 10.5 Å². The van der Waals surface area contributed by atoms with Gasteiger partial charge in [-0.2, -0.15) is 0 Å². The number of aliphatic imine (C=N–C) groups is 1. The number of nitrogens with zero attached hydrogens (tertiary/aromatic N) is 3. The molecule has 5 heteroatoms. The monoisotopic (exact) mass is 414 g/mol. The van der Waals surface area contributed by atoms with Crippen LogP contribution in [-0.2, 0) is 6.42 Å². The number of H-pyrrole nitrogens is 1. The molecule has 1 fully saturated rings. The van der Waals surface area contributed by atoms with Gasteiger partial charge >= 0.3 is 0 Å². The highest BCUT2D eigenvalue weighted by atomic mass is 16.1. The van der Waals surface area contributed by atoms with Gasteiger partial charge < -0.3 is 9.88 Å². The number of rotatable bonds is 4. The summed E-state index contributed by atoms with van der Waals surface area (Å²) in [6, 6.07) is 16.5. The van der Waals surface area contributed by atoms with Gasteiger partial charge in [0.15, 0.2) is 0 Å². The van der Waals surface area contributed by atoms with Gasteiger partial charge in [-0.05, 0) is 42.5 Å². The third-order valence-corrected chi connectivity index (χ3v) is 6.39. The van der Waals surface area contributed by atoms with E-state index in [9.17, 15) is 4.79 Å². The van der Waals surface area contributed by atoms with Gasteiger partial charge in [0.05, 0.1) is 17.0 Å². The molecule has 1 aliphatic carbocycles. The lowest BCUT2D eigenvalue weighted by Gasteiger charge is -2.37. The molecule has 5 rings (SSSR count). The number of nitrogens with one attached hydrogen (secondary N) is 1. The molecule has 0 spiro atoms. The van der Waals surface area contributed by atoms with Gasteiger partial charge in [-0.25, -0.2) is 0 Å². The Morgan fingerprint density at radius 3 is 2.61 bits per heavy atom. The van der Waals surface area contributed by atoms with Gasteiger partial charge in [-0.3, -0.25) is 14.7 Å². The van der Waals surface area contributed by atoms with Crippen LogP contribution in [0.2, 0.25) is 0 Å². The van der Waals surface area contributed by atoms with E-state index in [-0.39, 0.29) is 5.56 Å². The summed E-state index contributed by atoms with van der Waals surface area (Å²) in [5, 5.41) is 0. The predicted molar refractivity (Wildman–Crippen MR) is 128 cm³/mol. The Balaban J connectivity index is 1.42. The first-order valence-electron chi connectivity index (χ1n) is 11.4. The smallest absolute Gasteiger partial charge is 0.258 e. The Morgan fingerprint density at radius 2 is 1.81 bits per heavy atom. The number of piperazine rings is 1. The predicted octanol–water partition coefficient (Wildman–Crippen LogP) is 4.32. The van der Waals surface area contributed by atoms with E-state index in [1.54, 1.807) is 0 Å². The summed E-state index contributed by atoms with van der Waals surface area (Å²) >= 11 is 0. The van der Waals surface area contributed by atoms with E-state index in [0.29, 0.717) is 5.92 Å². The standard InChI is InChI=1S/C26H30N4O/c1-18(2)17-29-12-14-30(15-13-29)20-10-8-19-9-11-23(27-24(19)16-20)25-21-6-4-3-5-7-22(21)28-26(25)31/h3-8,10,16,18H,9,11-15,17H2,1-2H3,(H,28,31). The number of benzene rings is 1. The lowest BCUT2D eigenvalue weighted by molar-refractivity contribution is 0.231. The van der Waals surface area contributed by atoms with Crippen LogP contribution in [0.25, 0.3) is 11.3 Å². The van der Waals surface area contributed by atoms with Gasteiger partial charge in [0.25, 0.3) is 5.56 Å². The summed E-state index contributed by atoms with van der Waals surface area (Å²) in [4.78, 5) is 25.7. The fourth-order valence-corrected chi connectivity index (χ4v) is 4.87. The Bertz CT molecular complexity index is 1140. The minimum absolute atomic E-state index is 0.0409. The van der Waals surface area contributed by atoms with E-state index in [1.165, 1.54) is 17.8 Å². The normalized spacial score (nSPS) is 17.1. The van der Waals surface area contributed by atoms with Crippen molar-refractivity contribution in [2.45, 2.75) is 26.7 Å². The first kappa shape index (κ1) is 20.0. The number of hydrogen-bond donors (Lipinski definition) is 1. The minimum atomic E-state index is -0.0409. The van der Waals surface area contributed by atoms with Gasteiger partial charge in [0.2, 0.25) is 0 Å². The number of hydrogen-bond acceptors (Lipinski definition) is 4. The van der Waals surface area contributed by atoms with Crippen LogP contribution in [-0.4, -0.2) is 48.3 Å². The van der Waals surface area contributed by atoms with Crippen molar-refractivity contribution in [3.8, 4) is 11.3 Å². The zero-order chi connectivity index (χ0) is 21.4. The fraction of sp³-hybridized carbons (Fsp3) is 0.385. The molecule has 0 bridgehead atoms. The summed E-state index contributed by atoms with van der Waals surface area (Å²) in [5.74, 6) is 0.709. The molecule has 1 N–H and O–H groups in total. The third kappa shape index (κ3) is 4.02. The van der Waals surface area contributed by atoms with E-state index < -0.39 is 0 Å². The van der Waals surface area contributed by atoms with Gasteiger partial charge in [-0.1, -0.05) is 44.2 Å². The highest BCUT2D eigenvalue weighted by Crippen LogP contribution is 2.33. The second kappa shape index (κ2) is 8.31. The molecule has 0 unspecified atom stereocenters. The zero-order valence-electron chi connectivity index (χ0n) is 18.4. The van der Waals surface area contributed by atoms with Crippen molar-refractivity contribution in [3.05, 3.63) is 70.0 Å². The van der Waals surface area contributed by atoms with Crippen molar-refractivity contribution in [2.75, 3.05) is 37.6 Å². The van der Waals surface area contributed by atoms with Crippen LogP contribution in [0, 0.1) is 5.92 Å². The van der Waals surface area contributed by atoms with Crippen molar-refractivity contribution in [2.24, 2.45) is 10.9 Å². The van der Waals surface area contributed by atoms with Crippen LogP contribution in [0.1, 0.15) is 31.4 Å². The van der Waals surface area contributed by atoms with Crippen molar-refractivity contribution >= 4 is 17.1 Å². The highest BCUT2D eigenvalue weighted by Gasteiger charge is 2.23. The zero-order valence-corrected chi connectivity index (χ0v) is 18.4. The van der Waals surface area contributed by atoms with Crippen LogP contribution >= 0.6 is 0 Å². The fourth-order valence-electron chi connectivity index (χ4n) is 4.87. The molecule has 0 saturated carbocycles. The molecule has 5 nitrogen and oxygen atoms in total. The van der Waals surface area contributed by atoms with E-state index in [2.05, 4.69) is 46.8 Å². The number of aryl methyl sites for hydroxylation is 1. The first-order chi connectivity index (χ1) is 15.1. The maximum absolute atomic E-state index is 12.7. The molecule has 0 aromatic heterocycles. The lowest BCUT2D eigenvalue weighted by Crippen LogP contribution is -2.47.